The van der Waals surface area contributed by atoms with Crippen molar-refractivity contribution >= 4 is 21.9 Å². The van der Waals surface area contributed by atoms with Crippen LogP contribution in [-0.2, 0) is 9.53 Å². The van der Waals surface area contributed by atoms with Crippen molar-refractivity contribution in [2.24, 2.45) is 11.1 Å². The van der Waals surface area contributed by atoms with Crippen LogP contribution in [0.25, 0.3) is 0 Å². The highest BCUT2D eigenvalue weighted by Gasteiger charge is 2.37. The Morgan fingerprint density at radius 3 is 2.75 bits per heavy atom. The molecule has 1 aromatic rings. The van der Waals surface area contributed by atoms with E-state index in [4.69, 9.17) is 10.5 Å². The van der Waals surface area contributed by atoms with Crippen LogP contribution in [0.15, 0.2) is 22.9 Å². The van der Waals surface area contributed by atoms with E-state index in [2.05, 4.69) is 20.9 Å². The van der Waals surface area contributed by atoms with Crippen molar-refractivity contribution in [1.82, 2.24) is 4.98 Å². The highest BCUT2D eigenvalue weighted by molar-refractivity contribution is 9.10. The van der Waals surface area contributed by atoms with Crippen molar-refractivity contribution < 1.29 is 9.53 Å². The smallest absolute Gasteiger partial charge is 0.313 e. The first kappa shape index (κ1) is 13.1. The van der Waals surface area contributed by atoms with E-state index in [1.165, 1.54) is 7.11 Å². The predicted molar refractivity (Wildman–Crippen MR) is 64.7 cm³/mol. The van der Waals surface area contributed by atoms with Crippen LogP contribution in [0.4, 0.5) is 0 Å². The average molecular weight is 287 g/mol. The molecule has 1 atom stereocenters. The van der Waals surface area contributed by atoms with Crippen molar-refractivity contribution in [3.8, 4) is 0 Å². The maximum absolute atomic E-state index is 11.6. The second-order valence-electron chi connectivity index (χ2n) is 4.07. The second kappa shape index (κ2) is 4.93. The number of hydrogen-bond acceptors (Lipinski definition) is 4. The predicted octanol–water partition coefficient (Wildman–Crippen LogP) is 2.04. The molecule has 0 radical (unpaired) electrons. The summed E-state index contributed by atoms with van der Waals surface area (Å²) < 4.78 is 5.40. The molecule has 1 aromatic heterocycles. The van der Waals surface area contributed by atoms with Gasteiger partial charge in [-0.1, -0.05) is 6.07 Å². The van der Waals surface area contributed by atoms with Gasteiger partial charge < -0.3 is 10.5 Å². The van der Waals surface area contributed by atoms with Crippen molar-refractivity contribution in [2.75, 3.05) is 7.11 Å². The van der Waals surface area contributed by atoms with Crippen LogP contribution >= 0.6 is 15.9 Å². The van der Waals surface area contributed by atoms with Crippen LogP contribution in [0.1, 0.15) is 25.5 Å². The number of ether oxygens (including phenoxy) is 1. The third kappa shape index (κ3) is 2.41. The van der Waals surface area contributed by atoms with Crippen LogP contribution in [0.5, 0.6) is 0 Å². The molecule has 2 N–H and O–H groups in total. The summed E-state index contributed by atoms with van der Waals surface area (Å²) in [6.45, 7) is 3.51. The molecule has 0 aromatic carbocycles. The summed E-state index contributed by atoms with van der Waals surface area (Å²) in [4.78, 5) is 15.7. The molecule has 88 valence electrons. The first-order valence-corrected chi connectivity index (χ1v) is 5.65. The minimum absolute atomic E-state index is 0.337. The molecule has 0 unspecified atom stereocenters. The fraction of sp³-hybridized carbons (Fsp3) is 0.455. The van der Waals surface area contributed by atoms with Crippen LogP contribution in [0.3, 0.4) is 0 Å². The summed E-state index contributed by atoms with van der Waals surface area (Å²) in [6, 6.07) is 3.16. The molecule has 5 heteroatoms. The van der Waals surface area contributed by atoms with Gasteiger partial charge in [0.1, 0.15) is 4.60 Å². The third-order valence-electron chi connectivity index (χ3n) is 2.61. The number of halogens is 1. The van der Waals surface area contributed by atoms with Crippen molar-refractivity contribution in [2.45, 2.75) is 19.9 Å². The van der Waals surface area contributed by atoms with Gasteiger partial charge in [0.25, 0.3) is 0 Å². The van der Waals surface area contributed by atoms with Crippen LogP contribution in [-0.4, -0.2) is 18.1 Å². The molecule has 0 aliphatic carbocycles. The van der Waals surface area contributed by atoms with Crippen LogP contribution in [0, 0.1) is 5.41 Å². The fourth-order valence-corrected chi connectivity index (χ4v) is 1.91. The third-order valence-corrected chi connectivity index (χ3v) is 3.27. The largest absolute Gasteiger partial charge is 0.469 e. The number of esters is 1. The number of nitrogens with zero attached hydrogens (tertiary/aromatic N) is 1. The second-order valence-corrected chi connectivity index (χ2v) is 4.83. The molecule has 0 aliphatic heterocycles. The highest BCUT2D eigenvalue weighted by Crippen LogP contribution is 2.34. The Kier molecular flexibility index (Phi) is 4.04. The molecule has 1 heterocycles. The normalized spacial score (nSPS) is 13.3. The monoisotopic (exact) mass is 286 g/mol. The molecule has 0 fully saturated rings. The van der Waals surface area contributed by atoms with Gasteiger partial charge >= 0.3 is 5.97 Å². The number of carbonyl (C=O) groups is 1. The van der Waals surface area contributed by atoms with E-state index < -0.39 is 11.5 Å². The summed E-state index contributed by atoms with van der Waals surface area (Å²) in [6.07, 6.45) is 1.66. The lowest BCUT2D eigenvalue weighted by molar-refractivity contribution is -0.152. The van der Waals surface area contributed by atoms with Crippen molar-refractivity contribution in [1.29, 1.82) is 0 Å². The SMILES string of the molecule is COC(=O)C(C)(C)[C@@H](N)c1cccnc1Br. The Morgan fingerprint density at radius 2 is 2.25 bits per heavy atom. The van der Waals surface area contributed by atoms with Crippen LogP contribution < -0.4 is 5.73 Å². The van der Waals surface area contributed by atoms with Crippen molar-refractivity contribution in [3.05, 3.63) is 28.5 Å². The van der Waals surface area contributed by atoms with E-state index in [0.29, 0.717) is 4.60 Å². The molecule has 0 aliphatic rings. The number of methoxy groups -OCH3 is 1. The Labute approximate surface area is 103 Å². The number of carbonyl (C=O) groups excluding carboxylic acids is 1. The average Bonchev–Trinajstić information content (AvgIpc) is 2.27. The Bertz CT molecular complexity index is 393. The van der Waals surface area contributed by atoms with E-state index in [0.717, 1.165) is 5.56 Å². The number of rotatable bonds is 3. The molecule has 0 bridgehead atoms. The maximum Gasteiger partial charge on any atom is 0.313 e. The first-order chi connectivity index (χ1) is 7.41. The first-order valence-electron chi connectivity index (χ1n) is 4.85. The zero-order chi connectivity index (χ0) is 12.3. The Morgan fingerprint density at radius 1 is 1.62 bits per heavy atom. The molecule has 1 rings (SSSR count). The Balaban J connectivity index is 3.07. The minimum atomic E-state index is -0.791. The summed E-state index contributed by atoms with van der Waals surface area (Å²) in [5.74, 6) is -0.337. The lowest BCUT2D eigenvalue weighted by Gasteiger charge is -2.29. The van der Waals surface area contributed by atoms with E-state index in [1.54, 1.807) is 26.1 Å². The zero-order valence-electron chi connectivity index (χ0n) is 9.53. The van der Waals surface area contributed by atoms with Crippen molar-refractivity contribution in [3.63, 3.8) is 0 Å². The standard InChI is InChI=1S/C11H15BrN2O2/c1-11(2,10(15)16-3)8(13)7-5-4-6-14-9(7)12/h4-6,8H,13H2,1-3H3/t8-/m0/s1. The molecule has 0 saturated heterocycles. The number of pyridine rings is 1. The van der Waals surface area contributed by atoms with Gasteiger partial charge in [0, 0.05) is 17.8 Å². The topological polar surface area (TPSA) is 65.2 Å². The van der Waals surface area contributed by atoms with Gasteiger partial charge in [0.15, 0.2) is 0 Å². The van der Waals surface area contributed by atoms with Gasteiger partial charge in [-0.25, -0.2) is 4.98 Å². The van der Waals surface area contributed by atoms with Gasteiger partial charge in [-0.05, 0) is 35.8 Å². The van der Waals surface area contributed by atoms with E-state index in [1.807, 2.05) is 6.07 Å². The molecule has 0 amide bonds. The molecule has 4 nitrogen and oxygen atoms in total. The summed E-state index contributed by atoms with van der Waals surface area (Å²) >= 11 is 3.32. The van der Waals surface area contributed by atoms with E-state index in [9.17, 15) is 4.79 Å². The maximum atomic E-state index is 11.6. The lowest BCUT2D eigenvalue weighted by Crippen LogP contribution is -2.37. The molecule has 0 spiro atoms. The number of aromatic nitrogens is 1. The Hall–Kier alpha value is -0.940. The van der Waals surface area contributed by atoms with E-state index >= 15 is 0 Å². The van der Waals surface area contributed by atoms with E-state index in [-0.39, 0.29) is 5.97 Å². The van der Waals surface area contributed by atoms with Gasteiger partial charge in [-0.3, -0.25) is 4.79 Å². The fourth-order valence-electron chi connectivity index (χ4n) is 1.41. The number of hydrogen-bond donors (Lipinski definition) is 1. The summed E-state index contributed by atoms with van der Waals surface area (Å²) in [5, 5.41) is 0. The molecular formula is C11H15BrN2O2. The molecular weight excluding hydrogens is 272 g/mol. The summed E-state index contributed by atoms with van der Waals surface area (Å²) in [7, 11) is 1.36. The number of nitrogens with two attached hydrogens (primary N) is 1. The molecule has 16 heavy (non-hydrogen) atoms. The molecule has 0 saturated carbocycles. The van der Waals surface area contributed by atoms with Gasteiger partial charge in [0.2, 0.25) is 0 Å². The van der Waals surface area contributed by atoms with Gasteiger partial charge in [-0.15, -0.1) is 0 Å². The van der Waals surface area contributed by atoms with Crippen LogP contribution in [0.2, 0.25) is 0 Å². The quantitative estimate of drug-likeness (QED) is 0.682. The zero-order valence-corrected chi connectivity index (χ0v) is 11.1. The van der Waals surface area contributed by atoms with Gasteiger partial charge in [0.05, 0.1) is 12.5 Å². The minimum Gasteiger partial charge on any atom is -0.469 e. The summed E-state index contributed by atoms with van der Waals surface area (Å²) in [5.41, 5.74) is 6.08. The highest BCUT2D eigenvalue weighted by atomic mass is 79.9. The lowest BCUT2D eigenvalue weighted by atomic mass is 9.81. The van der Waals surface area contributed by atoms with Gasteiger partial charge in [-0.2, -0.15) is 0 Å².